The molecule has 2 nitrogen and oxygen atoms in total. The summed E-state index contributed by atoms with van der Waals surface area (Å²) in [6.45, 7) is 0.160. The number of alkyl halides is 3. The molecule has 0 unspecified atom stereocenters. The minimum atomic E-state index is -4.35. The van der Waals surface area contributed by atoms with E-state index in [1.165, 1.54) is 12.1 Å². The van der Waals surface area contributed by atoms with Crippen LogP contribution in [-0.2, 0) is 12.7 Å². The molecule has 2 rings (SSSR count). The van der Waals surface area contributed by atoms with E-state index in [4.69, 9.17) is 0 Å². The molecule has 0 aromatic heterocycles. The molecule has 0 radical (unpaired) electrons. The maximum atomic E-state index is 12.4. The predicted octanol–water partition coefficient (Wildman–Crippen LogP) is 3.92. The fourth-order valence-electron chi connectivity index (χ4n) is 1.74. The zero-order valence-electron chi connectivity index (χ0n) is 10.8. The van der Waals surface area contributed by atoms with Crippen LogP contribution in [0.5, 0.6) is 0 Å². The van der Waals surface area contributed by atoms with Gasteiger partial charge in [0.1, 0.15) is 0 Å². The van der Waals surface area contributed by atoms with Crippen LogP contribution in [0.4, 0.5) is 13.2 Å². The summed E-state index contributed by atoms with van der Waals surface area (Å²) in [6.07, 6.45) is -4.35. The average molecular weight is 311 g/mol. The normalized spacial score (nSPS) is 11.2. The van der Waals surface area contributed by atoms with E-state index < -0.39 is 11.7 Å². The van der Waals surface area contributed by atoms with E-state index in [0.717, 1.165) is 12.1 Å². The number of thiol groups is 1. The third kappa shape index (κ3) is 4.26. The number of halogens is 3. The monoisotopic (exact) mass is 311 g/mol. The highest BCUT2D eigenvalue weighted by molar-refractivity contribution is 7.80. The van der Waals surface area contributed by atoms with Crippen molar-refractivity contribution in [1.82, 2.24) is 5.32 Å². The summed E-state index contributed by atoms with van der Waals surface area (Å²) in [5.74, 6) is -0.300. The van der Waals surface area contributed by atoms with E-state index in [9.17, 15) is 18.0 Å². The summed E-state index contributed by atoms with van der Waals surface area (Å²) in [4.78, 5) is 12.5. The highest BCUT2D eigenvalue weighted by Crippen LogP contribution is 2.29. The van der Waals surface area contributed by atoms with Crippen LogP contribution in [0, 0.1) is 0 Å². The van der Waals surface area contributed by atoms with Gasteiger partial charge in [0.25, 0.3) is 5.91 Å². The average Bonchev–Trinajstić information content (AvgIpc) is 2.44. The molecule has 21 heavy (non-hydrogen) atoms. The first kappa shape index (κ1) is 15.4. The Morgan fingerprint density at radius 1 is 1.10 bits per heavy atom. The van der Waals surface area contributed by atoms with Gasteiger partial charge in [-0.3, -0.25) is 4.79 Å². The van der Waals surface area contributed by atoms with Crippen LogP contribution in [-0.4, -0.2) is 5.91 Å². The minimum Gasteiger partial charge on any atom is -0.348 e. The van der Waals surface area contributed by atoms with Crippen LogP contribution >= 0.6 is 12.6 Å². The Bertz CT molecular complexity index is 638. The second kappa shape index (κ2) is 6.22. The lowest BCUT2D eigenvalue weighted by molar-refractivity contribution is -0.137. The molecular weight excluding hydrogens is 299 g/mol. The van der Waals surface area contributed by atoms with Gasteiger partial charge in [-0.25, -0.2) is 0 Å². The molecule has 2 aromatic carbocycles. The van der Waals surface area contributed by atoms with Crippen LogP contribution in [0.2, 0.25) is 0 Å². The molecule has 0 heterocycles. The van der Waals surface area contributed by atoms with Gasteiger partial charge in [0.05, 0.1) is 5.56 Å². The van der Waals surface area contributed by atoms with Gasteiger partial charge in [-0.1, -0.05) is 18.2 Å². The maximum absolute atomic E-state index is 12.4. The third-order valence-electron chi connectivity index (χ3n) is 2.84. The van der Waals surface area contributed by atoms with Crippen molar-refractivity contribution in [2.45, 2.75) is 17.6 Å². The van der Waals surface area contributed by atoms with Crippen molar-refractivity contribution in [2.24, 2.45) is 0 Å². The zero-order valence-corrected chi connectivity index (χ0v) is 11.7. The lowest BCUT2D eigenvalue weighted by atomic mass is 10.1. The lowest BCUT2D eigenvalue weighted by Gasteiger charge is -2.09. The standard InChI is InChI=1S/C15H12F3NOS/c16-15(17,18)12-6-4-10(5-7-12)9-19-14(20)11-2-1-3-13(21)8-11/h1-8,21H,9H2,(H,19,20). The summed E-state index contributed by atoms with van der Waals surface area (Å²) in [5, 5.41) is 2.65. The number of benzene rings is 2. The van der Waals surface area contributed by atoms with E-state index >= 15 is 0 Å². The topological polar surface area (TPSA) is 29.1 Å². The molecule has 0 aliphatic carbocycles. The smallest absolute Gasteiger partial charge is 0.348 e. The molecule has 0 saturated heterocycles. The van der Waals surface area contributed by atoms with Crippen LogP contribution in [0.25, 0.3) is 0 Å². The van der Waals surface area contributed by atoms with E-state index in [1.807, 2.05) is 0 Å². The van der Waals surface area contributed by atoms with Gasteiger partial charge in [0.2, 0.25) is 0 Å². The Morgan fingerprint density at radius 2 is 1.76 bits per heavy atom. The second-order valence-corrected chi connectivity index (χ2v) is 4.94. The van der Waals surface area contributed by atoms with Crippen LogP contribution < -0.4 is 5.32 Å². The Kier molecular flexibility index (Phi) is 4.57. The molecule has 0 fully saturated rings. The lowest BCUT2D eigenvalue weighted by Crippen LogP contribution is -2.22. The SMILES string of the molecule is O=C(NCc1ccc(C(F)(F)F)cc1)c1cccc(S)c1. The predicted molar refractivity (Wildman–Crippen MR) is 76.3 cm³/mol. The molecule has 0 spiro atoms. The van der Waals surface area contributed by atoms with Crippen molar-refractivity contribution in [3.63, 3.8) is 0 Å². The van der Waals surface area contributed by atoms with Gasteiger partial charge in [-0.05, 0) is 35.9 Å². The Labute approximate surface area is 125 Å². The zero-order chi connectivity index (χ0) is 15.5. The molecule has 0 aliphatic rings. The number of hydrogen-bond donors (Lipinski definition) is 2. The summed E-state index contributed by atoms with van der Waals surface area (Å²) in [5.41, 5.74) is 0.341. The van der Waals surface area contributed by atoms with Gasteiger partial charge < -0.3 is 5.32 Å². The van der Waals surface area contributed by atoms with E-state index in [1.54, 1.807) is 24.3 Å². The molecule has 6 heteroatoms. The fraction of sp³-hybridized carbons (Fsp3) is 0.133. The number of nitrogens with one attached hydrogen (secondary N) is 1. The van der Waals surface area contributed by atoms with Gasteiger partial charge in [-0.2, -0.15) is 13.2 Å². The summed E-state index contributed by atoms with van der Waals surface area (Å²) < 4.78 is 37.2. The molecule has 0 aliphatic heterocycles. The van der Waals surface area contributed by atoms with Gasteiger partial charge >= 0.3 is 6.18 Å². The molecule has 0 saturated carbocycles. The van der Waals surface area contributed by atoms with Crippen LogP contribution in [0.1, 0.15) is 21.5 Å². The number of amides is 1. The van der Waals surface area contributed by atoms with Crippen LogP contribution in [0.15, 0.2) is 53.4 Å². The molecule has 0 atom stereocenters. The van der Waals surface area contributed by atoms with E-state index in [0.29, 0.717) is 16.0 Å². The van der Waals surface area contributed by atoms with Crippen molar-refractivity contribution in [3.05, 3.63) is 65.2 Å². The first-order valence-electron chi connectivity index (χ1n) is 6.09. The fourth-order valence-corrected chi connectivity index (χ4v) is 1.97. The van der Waals surface area contributed by atoms with E-state index in [2.05, 4.69) is 17.9 Å². The maximum Gasteiger partial charge on any atom is 0.416 e. The Balaban J connectivity index is 1.98. The van der Waals surface area contributed by atoms with E-state index in [-0.39, 0.29) is 12.5 Å². The number of hydrogen-bond acceptors (Lipinski definition) is 2. The van der Waals surface area contributed by atoms with Crippen molar-refractivity contribution in [1.29, 1.82) is 0 Å². The largest absolute Gasteiger partial charge is 0.416 e. The number of rotatable bonds is 3. The van der Waals surface area contributed by atoms with Crippen molar-refractivity contribution in [2.75, 3.05) is 0 Å². The summed E-state index contributed by atoms with van der Waals surface area (Å²) in [7, 11) is 0. The highest BCUT2D eigenvalue weighted by Gasteiger charge is 2.29. The summed E-state index contributed by atoms with van der Waals surface area (Å²) >= 11 is 4.14. The highest BCUT2D eigenvalue weighted by atomic mass is 32.1. The molecule has 1 N–H and O–H groups in total. The molecule has 0 bridgehead atoms. The molecular formula is C15H12F3NOS. The Morgan fingerprint density at radius 3 is 2.33 bits per heavy atom. The summed E-state index contributed by atoms with van der Waals surface area (Å²) in [6, 6.07) is 11.4. The quantitative estimate of drug-likeness (QED) is 0.827. The number of carbonyl (C=O) groups is 1. The van der Waals surface area contributed by atoms with Crippen molar-refractivity contribution >= 4 is 18.5 Å². The first-order chi connectivity index (χ1) is 9.86. The third-order valence-corrected chi connectivity index (χ3v) is 3.12. The van der Waals surface area contributed by atoms with Gasteiger partial charge in [0, 0.05) is 17.0 Å². The Hall–Kier alpha value is -1.95. The first-order valence-corrected chi connectivity index (χ1v) is 6.54. The van der Waals surface area contributed by atoms with Crippen molar-refractivity contribution in [3.8, 4) is 0 Å². The van der Waals surface area contributed by atoms with Gasteiger partial charge in [-0.15, -0.1) is 12.6 Å². The van der Waals surface area contributed by atoms with Gasteiger partial charge in [0.15, 0.2) is 0 Å². The minimum absolute atomic E-state index is 0.160. The number of carbonyl (C=O) groups excluding carboxylic acids is 1. The van der Waals surface area contributed by atoms with Crippen molar-refractivity contribution < 1.29 is 18.0 Å². The molecule has 1 amide bonds. The molecule has 110 valence electrons. The van der Waals surface area contributed by atoms with Crippen LogP contribution in [0.3, 0.4) is 0 Å². The second-order valence-electron chi connectivity index (χ2n) is 4.43. The molecule has 2 aromatic rings.